The zero-order valence-electron chi connectivity index (χ0n) is 18.8. The number of aromatic nitrogens is 2. The number of aliphatic carboxylic acids is 1. The maximum absolute atomic E-state index is 12.8. The van der Waals surface area contributed by atoms with Crippen LogP contribution in [0.2, 0.25) is 0 Å². The number of nitrogens with one attached hydrogen (secondary N) is 1. The zero-order chi connectivity index (χ0) is 24.1. The second-order valence-corrected chi connectivity index (χ2v) is 9.64. The van der Waals surface area contributed by atoms with Gasteiger partial charge in [0.05, 0.1) is 17.1 Å². The SMILES string of the molecule is O=C(N[C@@H](Cc1cn(Cc2ccccc2)cn1)C(=O)O)C1CCN(C2=CC(Cl)=C(Cl)CC2)CC1. The molecule has 1 atom stereocenters. The highest BCUT2D eigenvalue weighted by molar-refractivity contribution is 6.40. The van der Waals surface area contributed by atoms with E-state index >= 15 is 0 Å². The molecule has 0 radical (unpaired) electrons. The molecule has 2 heterocycles. The molecular weight excluding hydrogens is 475 g/mol. The van der Waals surface area contributed by atoms with Gasteiger partial charge in [0, 0.05) is 48.9 Å². The number of carbonyl (C=O) groups excluding carboxylic acids is 1. The standard InChI is InChI=1S/C25H28Cl2N4O3/c26-21-7-6-20(13-22(21)27)31-10-8-18(9-11-31)24(32)29-23(25(33)34)12-19-15-30(16-28-19)14-17-4-2-1-3-5-17/h1-5,13,15-16,18,23H,6-12,14H2,(H,29,32)(H,33,34)/t23-/m0/s1. The highest BCUT2D eigenvalue weighted by Gasteiger charge is 2.30. The maximum Gasteiger partial charge on any atom is 0.326 e. The molecule has 34 heavy (non-hydrogen) atoms. The summed E-state index contributed by atoms with van der Waals surface area (Å²) in [4.78, 5) is 31.3. The number of imidazole rings is 1. The number of carboxylic acid groups (broad SMARTS) is 1. The summed E-state index contributed by atoms with van der Waals surface area (Å²) in [5, 5.41) is 13.7. The summed E-state index contributed by atoms with van der Waals surface area (Å²) >= 11 is 12.3. The van der Waals surface area contributed by atoms with E-state index in [2.05, 4.69) is 15.2 Å². The lowest BCUT2D eigenvalue weighted by atomic mass is 9.94. The zero-order valence-corrected chi connectivity index (χ0v) is 20.3. The van der Waals surface area contributed by atoms with Gasteiger partial charge in [0.15, 0.2) is 0 Å². The van der Waals surface area contributed by atoms with Crippen molar-refractivity contribution in [1.82, 2.24) is 19.8 Å². The molecule has 1 amide bonds. The van der Waals surface area contributed by atoms with Gasteiger partial charge in [-0.3, -0.25) is 4.79 Å². The number of allylic oxidation sites excluding steroid dienone is 4. The van der Waals surface area contributed by atoms with Gasteiger partial charge in [-0.05, 0) is 37.3 Å². The molecule has 0 bridgehead atoms. The summed E-state index contributed by atoms with van der Waals surface area (Å²) < 4.78 is 1.91. The third kappa shape index (κ3) is 6.21. The maximum atomic E-state index is 12.8. The van der Waals surface area contributed by atoms with Crippen LogP contribution in [0, 0.1) is 5.92 Å². The topological polar surface area (TPSA) is 87.5 Å². The monoisotopic (exact) mass is 502 g/mol. The number of hydrogen-bond donors (Lipinski definition) is 2. The minimum atomic E-state index is -1.06. The van der Waals surface area contributed by atoms with E-state index in [1.54, 1.807) is 6.33 Å². The molecule has 1 aromatic carbocycles. The fourth-order valence-corrected chi connectivity index (χ4v) is 4.79. The van der Waals surface area contributed by atoms with Crippen LogP contribution in [-0.4, -0.2) is 50.6 Å². The largest absolute Gasteiger partial charge is 0.480 e. The summed E-state index contributed by atoms with van der Waals surface area (Å²) in [6.07, 6.45) is 8.46. The van der Waals surface area contributed by atoms with Crippen LogP contribution in [0.3, 0.4) is 0 Å². The minimum absolute atomic E-state index is 0.139. The van der Waals surface area contributed by atoms with Crippen molar-refractivity contribution >= 4 is 35.1 Å². The Morgan fingerprint density at radius 2 is 1.88 bits per heavy atom. The Morgan fingerprint density at radius 3 is 2.56 bits per heavy atom. The third-order valence-corrected chi connectivity index (χ3v) is 7.17. The fourth-order valence-electron chi connectivity index (χ4n) is 4.42. The van der Waals surface area contributed by atoms with Gasteiger partial charge >= 0.3 is 5.97 Å². The summed E-state index contributed by atoms with van der Waals surface area (Å²) in [6, 6.07) is 8.94. The Bertz CT molecular complexity index is 1090. The average molecular weight is 503 g/mol. The van der Waals surface area contributed by atoms with Gasteiger partial charge in [-0.1, -0.05) is 53.5 Å². The van der Waals surface area contributed by atoms with Gasteiger partial charge in [-0.15, -0.1) is 0 Å². The molecule has 1 aliphatic heterocycles. The molecule has 180 valence electrons. The van der Waals surface area contributed by atoms with Crippen LogP contribution in [0.5, 0.6) is 0 Å². The summed E-state index contributed by atoms with van der Waals surface area (Å²) in [5.74, 6) is -1.49. The molecule has 4 rings (SSSR count). The van der Waals surface area contributed by atoms with E-state index in [9.17, 15) is 14.7 Å². The quantitative estimate of drug-likeness (QED) is 0.566. The lowest BCUT2D eigenvalue weighted by molar-refractivity contribution is -0.142. The predicted octanol–water partition coefficient (Wildman–Crippen LogP) is 4.12. The summed E-state index contributed by atoms with van der Waals surface area (Å²) in [5.41, 5.74) is 2.90. The van der Waals surface area contributed by atoms with E-state index in [1.165, 1.54) is 0 Å². The third-order valence-electron chi connectivity index (χ3n) is 6.35. The van der Waals surface area contributed by atoms with Gasteiger partial charge in [0.1, 0.15) is 6.04 Å². The molecule has 1 aliphatic carbocycles. The van der Waals surface area contributed by atoms with Crippen LogP contribution in [0.1, 0.15) is 36.9 Å². The van der Waals surface area contributed by atoms with Gasteiger partial charge in [-0.25, -0.2) is 9.78 Å². The van der Waals surface area contributed by atoms with Crippen molar-refractivity contribution < 1.29 is 14.7 Å². The summed E-state index contributed by atoms with van der Waals surface area (Å²) in [7, 11) is 0. The summed E-state index contributed by atoms with van der Waals surface area (Å²) in [6.45, 7) is 2.11. The lowest BCUT2D eigenvalue weighted by Crippen LogP contribution is -2.47. The van der Waals surface area contributed by atoms with Crippen LogP contribution >= 0.6 is 23.2 Å². The number of halogens is 2. The van der Waals surface area contributed by atoms with Crippen molar-refractivity contribution in [2.75, 3.05) is 13.1 Å². The van der Waals surface area contributed by atoms with Crippen LogP contribution in [0.4, 0.5) is 0 Å². The lowest BCUT2D eigenvalue weighted by Gasteiger charge is -2.36. The van der Waals surface area contributed by atoms with Crippen molar-refractivity contribution in [2.45, 2.75) is 44.7 Å². The molecule has 2 N–H and O–H groups in total. The highest BCUT2D eigenvalue weighted by atomic mass is 35.5. The molecule has 1 fully saturated rings. The van der Waals surface area contributed by atoms with Crippen molar-refractivity contribution in [1.29, 1.82) is 0 Å². The van der Waals surface area contributed by atoms with E-state index in [0.717, 1.165) is 37.2 Å². The second-order valence-electron chi connectivity index (χ2n) is 8.78. The van der Waals surface area contributed by atoms with Crippen molar-refractivity contribution in [3.63, 3.8) is 0 Å². The van der Waals surface area contributed by atoms with Gasteiger partial charge in [0.25, 0.3) is 0 Å². The molecule has 0 spiro atoms. The molecule has 9 heteroatoms. The minimum Gasteiger partial charge on any atom is -0.480 e. The predicted molar refractivity (Wildman–Crippen MR) is 131 cm³/mol. The van der Waals surface area contributed by atoms with Gasteiger partial charge in [-0.2, -0.15) is 0 Å². The molecule has 1 saturated heterocycles. The first-order valence-corrected chi connectivity index (χ1v) is 12.2. The van der Waals surface area contributed by atoms with Gasteiger partial charge in [0.2, 0.25) is 5.91 Å². The van der Waals surface area contributed by atoms with Crippen LogP contribution in [-0.2, 0) is 22.6 Å². The van der Waals surface area contributed by atoms with E-state index in [0.29, 0.717) is 35.1 Å². The Balaban J connectivity index is 1.30. The number of hydrogen-bond acceptors (Lipinski definition) is 4. The van der Waals surface area contributed by atoms with E-state index in [4.69, 9.17) is 23.2 Å². The van der Waals surface area contributed by atoms with Crippen LogP contribution in [0.25, 0.3) is 0 Å². The molecule has 2 aliphatic rings. The Kier molecular flexibility index (Phi) is 7.95. The number of benzene rings is 1. The van der Waals surface area contributed by atoms with Crippen LogP contribution in [0.15, 0.2) is 64.7 Å². The molecule has 7 nitrogen and oxygen atoms in total. The smallest absolute Gasteiger partial charge is 0.326 e. The number of amides is 1. The van der Waals surface area contributed by atoms with Crippen molar-refractivity contribution in [3.05, 3.63) is 76.0 Å². The number of nitrogens with zero attached hydrogens (tertiary/aromatic N) is 3. The second kappa shape index (κ2) is 11.1. The van der Waals surface area contributed by atoms with Crippen molar-refractivity contribution in [2.24, 2.45) is 5.92 Å². The molecule has 1 aromatic heterocycles. The van der Waals surface area contributed by atoms with Gasteiger partial charge < -0.3 is 19.9 Å². The Hall–Kier alpha value is -2.77. The highest BCUT2D eigenvalue weighted by Crippen LogP contribution is 2.32. The Morgan fingerprint density at radius 1 is 1.15 bits per heavy atom. The van der Waals surface area contributed by atoms with Crippen LogP contribution < -0.4 is 5.32 Å². The van der Waals surface area contributed by atoms with Crippen molar-refractivity contribution in [3.8, 4) is 0 Å². The number of likely N-dealkylation sites (tertiary alicyclic amines) is 1. The molecule has 2 aromatic rings. The molecular formula is C25H28Cl2N4O3. The Labute approximate surface area is 209 Å². The molecule has 0 saturated carbocycles. The first-order chi connectivity index (χ1) is 16.4. The first kappa shape index (κ1) is 24.4. The van der Waals surface area contributed by atoms with E-state index in [-0.39, 0.29) is 18.2 Å². The first-order valence-electron chi connectivity index (χ1n) is 11.5. The van der Waals surface area contributed by atoms with E-state index in [1.807, 2.05) is 47.2 Å². The average Bonchev–Trinajstić information content (AvgIpc) is 3.27. The van der Waals surface area contributed by atoms with E-state index < -0.39 is 12.0 Å². The number of piperidine rings is 1. The number of rotatable bonds is 8. The fraction of sp³-hybridized carbons (Fsp3) is 0.400. The molecule has 0 unspecified atom stereocenters. The number of carboxylic acids is 1. The normalized spacial score (nSPS) is 17.9. The number of carbonyl (C=O) groups is 2.